The van der Waals surface area contributed by atoms with E-state index in [0.29, 0.717) is 12.6 Å². The first-order valence-electron chi connectivity index (χ1n) is 13.7. The molecule has 4 heterocycles. The lowest BCUT2D eigenvalue weighted by atomic mass is 10.0. The number of imidazole rings is 1. The van der Waals surface area contributed by atoms with Gasteiger partial charge in [0, 0.05) is 63.7 Å². The minimum Gasteiger partial charge on any atom is -0.483 e. The first-order valence-corrected chi connectivity index (χ1v) is 13.7. The van der Waals surface area contributed by atoms with Crippen molar-refractivity contribution in [2.75, 3.05) is 44.2 Å². The number of benzene rings is 2. The highest BCUT2D eigenvalue weighted by atomic mass is 16.5. The molecule has 2 aromatic carbocycles. The van der Waals surface area contributed by atoms with Gasteiger partial charge in [0.05, 0.1) is 23.6 Å². The maximum atomic E-state index is 6.17. The second-order valence-corrected chi connectivity index (χ2v) is 11.1. The highest BCUT2D eigenvalue weighted by Gasteiger charge is 2.25. The minimum absolute atomic E-state index is 0.257. The van der Waals surface area contributed by atoms with E-state index in [-0.39, 0.29) is 12.2 Å². The first kappa shape index (κ1) is 24.5. The van der Waals surface area contributed by atoms with Crippen LogP contribution in [-0.2, 0) is 17.9 Å². The van der Waals surface area contributed by atoms with Gasteiger partial charge in [-0.2, -0.15) is 0 Å². The molecule has 0 saturated carbocycles. The molecule has 196 valence electrons. The minimum atomic E-state index is 0.257. The van der Waals surface area contributed by atoms with Gasteiger partial charge in [-0.1, -0.05) is 18.2 Å². The third-order valence-electron chi connectivity index (χ3n) is 7.90. The molecule has 2 saturated heterocycles. The van der Waals surface area contributed by atoms with Crippen molar-refractivity contribution in [1.82, 2.24) is 19.4 Å². The van der Waals surface area contributed by atoms with Crippen molar-refractivity contribution >= 4 is 5.69 Å². The van der Waals surface area contributed by atoms with Gasteiger partial charge in [-0.25, -0.2) is 4.98 Å². The molecule has 2 atom stereocenters. The average Bonchev–Trinajstić information content (AvgIpc) is 3.31. The van der Waals surface area contributed by atoms with Gasteiger partial charge in [0.15, 0.2) is 5.82 Å². The molecule has 2 fully saturated rings. The topological polar surface area (TPSA) is 46.0 Å². The number of piperazine rings is 1. The lowest BCUT2D eigenvalue weighted by Crippen LogP contribution is -2.48. The quantitative estimate of drug-likeness (QED) is 0.510. The monoisotopic (exact) mass is 501 g/mol. The molecule has 0 N–H and O–H groups in total. The summed E-state index contributed by atoms with van der Waals surface area (Å²) >= 11 is 0. The van der Waals surface area contributed by atoms with Gasteiger partial charge in [0.25, 0.3) is 0 Å². The van der Waals surface area contributed by atoms with E-state index in [0.717, 1.165) is 68.8 Å². The Labute approximate surface area is 220 Å². The molecule has 0 bridgehead atoms. The van der Waals surface area contributed by atoms with Gasteiger partial charge in [-0.05, 0) is 63.1 Å². The summed E-state index contributed by atoms with van der Waals surface area (Å²) in [6.07, 6.45) is 2.69. The predicted molar refractivity (Wildman–Crippen MR) is 148 cm³/mol. The molecule has 2 unspecified atom stereocenters. The van der Waals surface area contributed by atoms with E-state index >= 15 is 0 Å². The van der Waals surface area contributed by atoms with Crippen molar-refractivity contribution in [2.45, 2.75) is 59.1 Å². The Kier molecular flexibility index (Phi) is 6.69. The molecule has 7 nitrogen and oxygen atoms in total. The number of hydrogen-bond acceptors (Lipinski definition) is 6. The molecule has 0 aliphatic carbocycles. The zero-order valence-corrected chi connectivity index (χ0v) is 22.6. The number of anilines is 1. The Morgan fingerprint density at radius 2 is 1.62 bits per heavy atom. The fraction of sp³-hybridized carbons (Fsp3) is 0.500. The third-order valence-corrected chi connectivity index (χ3v) is 7.90. The van der Waals surface area contributed by atoms with Gasteiger partial charge in [0.1, 0.15) is 12.4 Å². The van der Waals surface area contributed by atoms with Crippen LogP contribution < -0.4 is 9.64 Å². The fourth-order valence-electron chi connectivity index (χ4n) is 6.01. The van der Waals surface area contributed by atoms with Crippen LogP contribution in [-0.4, -0.2) is 76.9 Å². The maximum absolute atomic E-state index is 6.17. The molecule has 3 aliphatic rings. The van der Waals surface area contributed by atoms with Crippen LogP contribution in [0.5, 0.6) is 5.75 Å². The number of fused-ring (bicyclic) bond motifs is 3. The SMILES string of the molecule is CC1CN(Cc2cn3c(n2)COc2cc(-c4ccc(N5CCN(C(C)C)CC5)cc4)ccc2-3)CC(C)O1. The lowest BCUT2D eigenvalue weighted by Gasteiger charge is -2.38. The fourth-order valence-corrected chi connectivity index (χ4v) is 6.01. The molecule has 6 rings (SSSR count). The van der Waals surface area contributed by atoms with Crippen LogP contribution in [0.15, 0.2) is 48.7 Å². The zero-order valence-electron chi connectivity index (χ0n) is 22.6. The van der Waals surface area contributed by atoms with Crippen molar-refractivity contribution in [3.8, 4) is 22.6 Å². The first-order chi connectivity index (χ1) is 17.9. The molecular formula is C30H39N5O2. The Hall–Kier alpha value is -2.87. The lowest BCUT2D eigenvalue weighted by molar-refractivity contribution is -0.0707. The maximum Gasteiger partial charge on any atom is 0.151 e. The normalized spacial score (nSPS) is 22.6. The number of aromatic nitrogens is 2. The average molecular weight is 502 g/mol. The van der Waals surface area contributed by atoms with E-state index in [9.17, 15) is 0 Å². The Morgan fingerprint density at radius 1 is 0.919 bits per heavy atom. The molecule has 0 amide bonds. The van der Waals surface area contributed by atoms with Crippen LogP contribution in [0.1, 0.15) is 39.2 Å². The second kappa shape index (κ2) is 10.1. The second-order valence-electron chi connectivity index (χ2n) is 11.1. The van der Waals surface area contributed by atoms with Gasteiger partial charge >= 0.3 is 0 Å². The smallest absolute Gasteiger partial charge is 0.151 e. The van der Waals surface area contributed by atoms with E-state index in [1.54, 1.807) is 0 Å². The van der Waals surface area contributed by atoms with Crippen molar-refractivity contribution in [3.63, 3.8) is 0 Å². The number of rotatable bonds is 5. The zero-order chi connectivity index (χ0) is 25.5. The number of morpholine rings is 1. The van der Waals surface area contributed by atoms with Crippen LogP contribution in [0.2, 0.25) is 0 Å². The van der Waals surface area contributed by atoms with Crippen molar-refractivity contribution in [3.05, 3.63) is 60.2 Å². The number of ether oxygens (including phenoxy) is 2. The summed E-state index contributed by atoms with van der Waals surface area (Å²) in [5.41, 5.74) is 5.84. The molecule has 7 heteroatoms. The summed E-state index contributed by atoms with van der Waals surface area (Å²) < 4.78 is 14.3. The van der Waals surface area contributed by atoms with Crippen molar-refractivity contribution < 1.29 is 9.47 Å². The highest BCUT2D eigenvalue weighted by Crippen LogP contribution is 2.35. The van der Waals surface area contributed by atoms with Crippen LogP contribution in [0, 0.1) is 0 Å². The van der Waals surface area contributed by atoms with E-state index in [1.165, 1.54) is 16.8 Å². The Bertz CT molecular complexity index is 1220. The van der Waals surface area contributed by atoms with Crippen molar-refractivity contribution in [1.29, 1.82) is 0 Å². The molecule has 3 aromatic rings. The largest absolute Gasteiger partial charge is 0.483 e. The van der Waals surface area contributed by atoms with E-state index < -0.39 is 0 Å². The summed E-state index contributed by atoms with van der Waals surface area (Å²) in [4.78, 5) is 12.4. The molecular weight excluding hydrogens is 462 g/mol. The molecule has 3 aliphatic heterocycles. The number of hydrogen-bond donors (Lipinski definition) is 0. The highest BCUT2D eigenvalue weighted by molar-refractivity contribution is 5.70. The van der Waals surface area contributed by atoms with E-state index in [1.807, 2.05) is 0 Å². The third kappa shape index (κ3) is 5.13. The van der Waals surface area contributed by atoms with Crippen molar-refractivity contribution in [2.24, 2.45) is 0 Å². The molecule has 0 radical (unpaired) electrons. The standard InChI is InChI=1S/C30H39N5O2/c1-21(2)33-11-13-34(14-12-33)27-8-5-24(6-9-27)25-7-10-28-29(15-25)36-20-30-31-26(19-35(28)30)18-32-16-22(3)37-23(4)17-32/h5-10,15,19,21-23H,11-14,16-18,20H2,1-4H3. The van der Waals surface area contributed by atoms with Crippen LogP contribution in [0.3, 0.4) is 0 Å². The van der Waals surface area contributed by atoms with Gasteiger partial charge in [-0.15, -0.1) is 0 Å². The molecule has 37 heavy (non-hydrogen) atoms. The van der Waals surface area contributed by atoms with Gasteiger partial charge in [-0.3, -0.25) is 14.4 Å². The van der Waals surface area contributed by atoms with Gasteiger partial charge < -0.3 is 14.4 Å². The number of nitrogens with zero attached hydrogens (tertiary/aromatic N) is 5. The molecule has 0 spiro atoms. The summed E-state index contributed by atoms with van der Waals surface area (Å²) in [5, 5.41) is 0. The van der Waals surface area contributed by atoms with E-state index in [4.69, 9.17) is 14.5 Å². The summed E-state index contributed by atoms with van der Waals surface area (Å²) in [7, 11) is 0. The van der Waals surface area contributed by atoms with Crippen LogP contribution in [0.4, 0.5) is 5.69 Å². The summed E-state index contributed by atoms with van der Waals surface area (Å²) in [6.45, 7) is 16.5. The summed E-state index contributed by atoms with van der Waals surface area (Å²) in [5.74, 6) is 1.88. The predicted octanol–water partition coefficient (Wildman–Crippen LogP) is 4.57. The Morgan fingerprint density at radius 3 is 2.32 bits per heavy atom. The Balaban J connectivity index is 1.16. The van der Waals surface area contributed by atoms with E-state index in [2.05, 4.69) is 95.6 Å². The van der Waals surface area contributed by atoms with Crippen LogP contribution in [0.25, 0.3) is 16.8 Å². The summed E-state index contributed by atoms with van der Waals surface area (Å²) in [6, 6.07) is 16.1. The van der Waals surface area contributed by atoms with Crippen LogP contribution >= 0.6 is 0 Å². The molecule has 1 aromatic heterocycles. The van der Waals surface area contributed by atoms with Gasteiger partial charge in [0.2, 0.25) is 0 Å².